The summed E-state index contributed by atoms with van der Waals surface area (Å²) in [5.74, 6) is -5.08. The number of nitrogens with one attached hydrogen (secondary N) is 2. The number of hydrogen-bond acceptors (Lipinski definition) is 7. The van der Waals surface area contributed by atoms with Gasteiger partial charge in [0.25, 0.3) is 0 Å². The minimum Gasteiger partial charge on any atom is -0.480 e. The fourth-order valence-electron chi connectivity index (χ4n) is 4.48. The molecule has 1 aliphatic carbocycles. The first kappa shape index (κ1) is 27.1. The molecule has 1 atom stereocenters. The molecule has 2 aliphatic rings. The molecule has 0 amide bonds. The van der Waals surface area contributed by atoms with Gasteiger partial charge in [-0.3, -0.25) is 9.59 Å². The Morgan fingerprint density at radius 3 is 2.33 bits per heavy atom. The van der Waals surface area contributed by atoms with Crippen LogP contribution in [0.4, 0.5) is 10.1 Å². The summed E-state index contributed by atoms with van der Waals surface area (Å²) in [5.41, 5.74) is 1.25. The number of carboxylic acids is 3. The van der Waals surface area contributed by atoms with Crippen molar-refractivity contribution in [3.8, 4) is 0 Å². The lowest BCUT2D eigenvalue weighted by atomic mass is 9.95. The van der Waals surface area contributed by atoms with Crippen molar-refractivity contribution in [3.05, 3.63) is 39.9 Å². The average Bonchev–Trinajstić information content (AvgIpc) is 3.37. The average molecular weight is 508 g/mol. The van der Waals surface area contributed by atoms with Crippen LogP contribution < -0.4 is 16.1 Å². The van der Waals surface area contributed by atoms with Crippen molar-refractivity contribution >= 4 is 34.5 Å². The Morgan fingerprint density at radius 1 is 1.06 bits per heavy atom. The predicted octanol–water partition coefficient (Wildman–Crippen LogP) is 2.18. The Hall–Kier alpha value is -3.51. The first-order chi connectivity index (χ1) is 17.2. The Morgan fingerprint density at radius 2 is 1.75 bits per heavy atom. The van der Waals surface area contributed by atoms with Crippen molar-refractivity contribution in [2.75, 3.05) is 25.1 Å². The van der Waals surface area contributed by atoms with Gasteiger partial charge in [-0.15, -0.1) is 0 Å². The molecule has 1 saturated carbocycles. The number of carbonyl (C=O) groups is 3. The minimum absolute atomic E-state index is 0.0549. The second-order valence-corrected chi connectivity index (χ2v) is 8.84. The normalized spacial score (nSPS) is 17.9. The molecule has 2 heterocycles. The third kappa shape index (κ3) is 7.01. The Bertz CT molecular complexity index is 1160. The van der Waals surface area contributed by atoms with E-state index in [2.05, 4.69) is 10.6 Å². The number of nitrogens with zero attached hydrogens (tertiary/aromatic N) is 1. The maximum absolute atomic E-state index is 14.9. The van der Waals surface area contributed by atoms with Crippen LogP contribution in [0.1, 0.15) is 50.1 Å². The fourth-order valence-corrected chi connectivity index (χ4v) is 4.48. The molecular weight excluding hydrogens is 477 g/mol. The van der Waals surface area contributed by atoms with E-state index in [1.165, 1.54) is 12.5 Å². The summed E-state index contributed by atoms with van der Waals surface area (Å²) in [7, 11) is 0. The Labute approximate surface area is 205 Å². The summed E-state index contributed by atoms with van der Waals surface area (Å²) >= 11 is 0. The van der Waals surface area contributed by atoms with E-state index in [1.807, 2.05) is 4.57 Å². The standard InChI is InChI=1S/C22H28FN3O4.C2H2O4/c23-18-8-17-20(9-19(18)25-15-4-2-1-3-5-15)26(16-6-7-30-13-16)12-14(22(17)29)10-24-11-21(27)28;3-1(4)2(5)6/h8-9,12,15-16,24-25H,1-7,10-11,13H2,(H,27,28);(H,3,4)(H,5,6). The van der Waals surface area contributed by atoms with E-state index in [-0.39, 0.29) is 30.6 Å². The first-order valence-corrected chi connectivity index (χ1v) is 11.8. The van der Waals surface area contributed by atoms with E-state index < -0.39 is 23.7 Å². The predicted molar refractivity (Wildman–Crippen MR) is 128 cm³/mol. The van der Waals surface area contributed by atoms with E-state index in [9.17, 15) is 14.0 Å². The molecule has 5 N–H and O–H groups in total. The lowest BCUT2D eigenvalue weighted by Gasteiger charge is -2.25. The van der Waals surface area contributed by atoms with Crippen LogP contribution in [0.25, 0.3) is 10.9 Å². The van der Waals surface area contributed by atoms with Crippen molar-refractivity contribution in [1.82, 2.24) is 9.88 Å². The van der Waals surface area contributed by atoms with E-state index in [0.717, 1.165) is 32.1 Å². The number of fused-ring (bicyclic) bond motifs is 1. The van der Waals surface area contributed by atoms with E-state index in [1.54, 1.807) is 12.3 Å². The number of aliphatic carboxylic acids is 3. The monoisotopic (exact) mass is 507 g/mol. The summed E-state index contributed by atoms with van der Waals surface area (Å²) in [6.45, 7) is 1.03. The molecule has 0 radical (unpaired) electrons. The highest BCUT2D eigenvalue weighted by molar-refractivity contribution is 6.27. The van der Waals surface area contributed by atoms with E-state index >= 15 is 0 Å². The molecule has 11 nitrogen and oxygen atoms in total. The number of ether oxygens (including phenoxy) is 1. The van der Waals surface area contributed by atoms with Crippen LogP contribution in [0.15, 0.2) is 23.1 Å². The molecule has 12 heteroatoms. The van der Waals surface area contributed by atoms with Gasteiger partial charge in [-0.05, 0) is 31.4 Å². The molecule has 196 valence electrons. The van der Waals surface area contributed by atoms with Crippen LogP contribution in [0.5, 0.6) is 0 Å². The maximum Gasteiger partial charge on any atom is 0.414 e. The number of benzene rings is 1. The summed E-state index contributed by atoms with van der Waals surface area (Å²) < 4.78 is 22.5. The molecule has 1 unspecified atom stereocenters. The molecule has 1 saturated heterocycles. The molecule has 2 aromatic rings. The van der Waals surface area contributed by atoms with Gasteiger partial charge in [0.1, 0.15) is 5.82 Å². The Kier molecular flexibility index (Phi) is 9.37. The second-order valence-electron chi connectivity index (χ2n) is 8.84. The third-order valence-electron chi connectivity index (χ3n) is 6.23. The van der Waals surface area contributed by atoms with Crippen molar-refractivity contribution in [3.63, 3.8) is 0 Å². The number of halogens is 1. The van der Waals surface area contributed by atoms with Crippen LogP contribution in [0, 0.1) is 5.82 Å². The number of hydrogen-bond donors (Lipinski definition) is 5. The highest BCUT2D eigenvalue weighted by atomic mass is 19.1. The van der Waals surface area contributed by atoms with Crippen molar-refractivity contribution in [1.29, 1.82) is 0 Å². The van der Waals surface area contributed by atoms with Crippen LogP contribution in [0.3, 0.4) is 0 Å². The summed E-state index contributed by atoms with van der Waals surface area (Å²) in [4.78, 5) is 42.0. The summed E-state index contributed by atoms with van der Waals surface area (Å²) in [5, 5.41) is 30.0. The van der Waals surface area contributed by atoms with Gasteiger partial charge in [-0.1, -0.05) is 19.3 Å². The second kappa shape index (κ2) is 12.5. The van der Waals surface area contributed by atoms with Crippen molar-refractivity contribution in [2.45, 2.75) is 57.2 Å². The smallest absolute Gasteiger partial charge is 0.414 e. The molecule has 1 aromatic heterocycles. The van der Waals surface area contributed by atoms with Crippen molar-refractivity contribution < 1.29 is 38.8 Å². The molecular formula is C24H30FN3O8. The van der Waals surface area contributed by atoms with Gasteiger partial charge in [-0.2, -0.15) is 0 Å². The number of carboxylic acid groups (broad SMARTS) is 3. The number of pyridine rings is 1. The molecule has 4 rings (SSSR count). The van der Waals surface area contributed by atoms with Gasteiger partial charge in [0.2, 0.25) is 0 Å². The summed E-state index contributed by atoms with van der Waals surface area (Å²) in [6.07, 6.45) is 8.12. The van der Waals surface area contributed by atoms with E-state index in [4.69, 9.17) is 29.6 Å². The molecule has 0 spiro atoms. The van der Waals surface area contributed by atoms with E-state index in [0.29, 0.717) is 35.4 Å². The number of aromatic nitrogens is 1. The number of anilines is 1. The van der Waals surface area contributed by atoms with Crippen molar-refractivity contribution in [2.24, 2.45) is 0 Å². The van der Waals surface area contributed by atoms with Crippen LogP contribution in [-0.4, -0.2) is 63.6 Å². The van der Waals surface area contributed by atoms with Crippen LogP contribution in [0.2, 0.25) is 0 Å². The van der Waals surface area contributed by atoms with Gasteiger partial charge >= 0.3 is 17.9 Å². The molecule has 1 aliphatic heterocycles. The molecule has 36 heavy (non-hydrogen) atoms. The first-order valence-electron chi connectivity index (χ1n) is 11.8. The Balaban J connectivity index is 0.000000538. The highest BCUT2D eigenvalue weighted by Crippen LogP contribution is 2.29. The molecule has 0 bridgehead atoms. The molecule has 1 aromatic carbocycles. The SMILES string of the molecule is O=C(O)C(=O)O.O=C(O)CNCc1cn(C2CCOC2)c2cc(NC3CCCCC3)c(F)cc2c1=O. The largest absolute Gasteiger partial charge is 0.480 e. The minimum atomic E-state index is -1.82. The lowest BCUT2D eigenvalue weighted by Crippen LogP contribution is -2.27. The number of rotatable bonds is 7. The van der Waals surface area contributed by atoms with Gasteiger partial charge in [0.15, 0.2) is 5.43 Å². The van der Waals surface area contributed by atoms with Gasteiger partial charge in [0, 0.05) is 36.3 Å². The molecule has 2 fully saturated rings. The fraction of sp³-hybridized carbons (Fsp3) is 0.500. The quantitative estimate of drug-likeness (QED) is 0.350. The summed E-state index contributed by atoms with van der Waals surface area (Å²) in [6, 6.07) is 3.36. The van der Waals surface area contributed by atoms with Crippen LogP contribution >= 0.6 is 0 Å². The zero-order chi connectivity index (χ0) is 26.2. The maximum atomic E-state index is 14.9. The zero-order valence-electron chi connectivity index (χ0n) is 19.7. The van der Waals surface area contributed by atoms with Gasteiger partial charge in [0.05, 0.1) is 30.4 Å². The lowest BCUT2D eigenvalue weighted by molar-refractivity contribution is -0.159. The zero-order valence-corrected chi connectivity index (χ0v) is 19.7. The highest BCUT2D eigenvalue weighted by Gasteiger charge is 2.23. The van der Waals surface area contributed by atoms with Crippen LogP contribution in [-0.2, 0) is 25.7 Å². The topological polar surface area (TPSA) is 167 Å². The van der Waals surface area contributed by atoms with Gasteiger partial charge < -0.3 is 35.3 Å². The van der Waals surface area contributed by atoms with Gasteiger partial charge in [-0.25, -0.2) is 14.0 Å². The third-order valence-corrected chi connectivity index (χ3v) is 6.23.